The van der Waals surface area contributed by atoms with Gasteiger partial charge in [-0.15, -0.1) is 0 Å². The number of ether oxygens (including phenoxy) is 2. The van der Waals surface area contributed by atoms with Gasteiger partial charge in [0.2, 0.25) is 0 Å². The standard InChI is InChI=1S/C14H26N2O4/c1-3-19-13(17)12(16-14(18)20-4-2)9-10-5-7-11(15)8-6-10/h10-12H,3-9,15H2,1-2H3,(H,16,18). The van der Waals surface area contributed by atoms with E-state index in [4.69, 9.17) is 15.2 Å². The van der Waals surface area contributed by atoms with Crippen LogP contribution in [0, 0.1) is 5.92 Å². The predicted octanol–water partition coefficient (Wildman–Crippen LogP) is 1.57. The minimum absolute atomic E-state index is 0.269. The van der Waals surface area contributed by atoms with Gasteiger partial charge in [0.05, 0.1) is 13.2 Å². The fourth-order valence-electron chi connectivity index (χ4n) is 2.53. The van der Waals surface area contributed by atoms with E-state index >= 15 is 0 Å². The van der Waals surface area contributed by atoms with Crippen LogP contribution >= 0.6 is 0 Å². The van der Waals surface area contributed by atoms with E-state index in [2.05, 4.69) is 5.32 Å². The predicted molar refractivity (Wildman–Crippen MR) is 75.1 cm³/mol. The molecule has 0 spiro atoms. The number of rotatable bonds is 6. The number of hydrogen-bond acceptors (Lipinski definition) is 5. The van der Waals surface area contributed by atoms with Crippen LogP contribution in [0.4, 0.5) is 4.79 Å². The summed E-state index contributed by atoms with van der Waals surface area (Å²) in [4.78, 5) is 23.4. The highest BCUT2D eigenvalue weighted by Crippen LogP contribution is 2.27. The Labute approximate surface area is 120 Å². The molecule has 0 radical (unpaired) electrons. The third-order valence-electron chi connectivity index (χ3n) is 3.60. The second-order valence-electron chi connectivity index (χ2n) is 5.19. The first-order chi connectivity index (χ1) is 9.56. The van der Waals surface area contributed by atoms with Crippen LogP contribution in [-0.2, 0) is 14.3 Å². The zero-order chi connectivity index (χ0) is 15.0. The van der Waals surface area contributed by atoms with Crippen LogP contribution in [0.15, 0.2) is 0 Å². The molecule has 0 aromatic heterocycles. The summed E-state index contributed by atoms with van der Waals surface area (Å²) >= 11 is 0. The van der Waals surface area contributed by atoms with Crippen molar-refractivity contribution < 1.29 is 19.1 Å². The highest BCUT2D eigenvalue weighted by molar-refractivity contribution is 5.81. The zero-order valence-corrected chi connectivity index (χ0v) is 12.4. The van der Waals surface area contributed by atoms with Crippen molar-refractivity contribution >= 4 is 12.1 Å². The van der Waals surface area contributed by atoms with Crippen molar-refractivity contribution in [3.8, 4) is 0 Å². The van der Waals surface area contributed by atoms with E-state index in [9.17, 15) is 9.59 Å². The van der Waals surface area contributed by atoms with Crippen LogP contribution in [0.1, 0.15) is 46.0 Å². The van der Waals surface area contributed by atoms with Gasteiger partial charge in [0.25, 0.3) is 0 Å². The Balaban J connectivity index is 2.53. The average molecular weight is 286 g/mol. The van der Waals surface area contributed by atoms with Gasteiger partial charge in [-0.2, -0.15) is 0 Å². The molecule has 0 saturated heterocycles. The van der Waals surface area contributed by atoms with Crippen molar-refractivity contribution in [2.24, 2.45) is 11.7 Å². The Morgan fingerprint density at radius 3 is 2.30 bits per heavy atom. The molecule has 0 bridgehead atoms. The average Bonchev–Trinajstić information content (AvgIpc) is 2.41. The minimum atomic E-state index is -0.631. The highest BCUT2D eigenvalue weighted by atomic mass is 16.6. The number of nitrogens with two attached hydrogens (primary N) is 1. The topological polar surface area (TPSA) is 90.6 Å². The first kappa shape index (κ1) is 16.8. The molecule has 1 fully saturated rings. The van der Waals surface area contributed by atoms with E-state index in [1.165, 1.54) is 0 Å². The van der Waals surface area contributed by atoms with Gasteiger partial charge in [-0.05, 0) is 51.9 Å². The number of esters is 1. The van der Waals surface area contributed by atoms with Gasteiger partial charge in [-0.1, -0.05) is 0 Å². The van der Waals surface area contributed by atoms with Gasteiger partial charge in [-0.3, -0.25) is 0 Å². The Morgan fingerprint density at radius 2 is 1.75 bits per heavy atom. The summed E-state index contributed by atoms with van der Waals surface area (Å²) in [6, 6.07) is -0.362. The van der Waals surface area contributed by atoms with E-state index in [0.29, 0.717) is 18.9 Å². The molecule has 0 heterocycles. The number of nitrogens with one attached hydrogen (secondary N) is 1. The summed E-state index contributed by atoms with van der Waals surface area (Å²) < 4.78 is 9.84. The highest BCUT2D eigenvalue weighted by Gasteiger charge is 2.28. The fraction of sp³-hybridized carbons (Fsp3) is 0.857. The zero-order valence-electron chi connectivity index (χ0n) is 12.4. The maximum absolute atomic E-state index is 11.9. The Morgan fingerprint density at radius 1 is 1.15 bits per heavy atom. The summed E-state index contributed by atoms with van der Waals surface area (Å²) in [6.45, 7) is 4.05. The molecule has 1 unspecified atom stereocenters. The summed E-state index contributed by atoms with van der Waals surface area (Å²) in [5, 5.41) is 2.59. The van der Waals surface area contributed by atoms with Gasteiger partial charge in [0, 0.05) is 6.04 Å². The van der Waals surface area contributed by atoms with Gasteiger partial charge in [0.15, 0.2) is 0 Å². The van der Waals surface area contributed by atoms with Gasteiger partial charge < -0.3 is 20.5 Å². The summed E-state index contributed by atoms with van der Waals surface area (Å²) in [6.07, 6.45) is 3.94. The maximum atomic E-state index is 11.9. The smallest absolute Gasteiger partial charge is 0.407 e. The summed E-state index contributed by atoms with van der Waals surface area (Å²) in [7, 11) is 0. The van der Waals surface area contributed by atoms with E-state index in [-0.39, 0.29) is 12.6 Å². The normalized spacial score (nSPS) is 23.8. The van der Waals surface area contributed by atoms with Crippen LogP contribution in [0.3, 0.4) is 0 Å². The second kappa shape index (κ2) is 8.79. The largest absolute Gasteiger partial charge is 0.464 e. The maximum Gasteiger partial charge on any atom is 0.407 e. The van der Waals surface area contributed by atoms with Crippen molar-refractivity contribution in [2.75, 3.05) is 13.2 Å². The first-order valence-electron chi connectivity index (χ1n) is 7.42. The molecule has 6 nitrogen and oxygen atoms in total. The second-order valence-corrected chi connectivity index (χ2v) is 5.19. The summed E-state index contributed by atoms with van der Waals surface area (Å²) in [5.74, 6) is 0.00144. The third kappa shape index (κ3) is 5.77. The van der Waals surface area contributed by atoms with Crippen LogP contribution in [0.5, 0.6) is 0 Å². The van der Waals surface area contributed by atoms with Crippen molar-refractivity contribution in [1.82, 2.24) is 5.32 Å². The number of amides is 1. The Kier molecular flexibility index (Phi) is 7.36. The quantitative estimate of drug-likeness (QED) is 0.723. The summed E-state index contributed by atoms with van der Waals surface area (Å²) in [5.41, 5.74) is 5.87. The molecule has 1 aliphatic rings. The molecule has 116 valence electrons. The Hall–Kier alpha value is -1.30. The van der Waals surface area contributed by atoms with Crippen LogP contribution in [0.25, 0.3) is 0 Å². The van der Waals surface area contributed by atoms with Crippen molar-refractivity contribution in [2.45, 2.75) is 58.0 Å². The molecule has 1 saturated carbocycles. The van der Waals surface area contributed by atoms with Crippen LogP contribution < -0.4 is 11.1 Å². The lowest BCUT2D eigenvalue weighted by Gasteiger charge is -2.28. The lowest BCUT2D eigenvalue weighted by atomic mass is 9.82. The Bertz CT molecular complexity index is 314. The van der Waals surface area contributed by atoms with Crippen molar-refractivity contribution in [3.05, 3.63) is 0 Å². The molecule has 1 rings (SSSR count). The number of alkyl carbamates (subject to hydrolysis) is 1. The molecule has 0 aliphatic heterocycles. The van der Waals surface area contributed by atoms with Crippen LogP contribution in [-0.4, -0.2) is 37.4 Å². The molecule has 1 aliphatic carbocycles. The van der Waals surface area contributed by atoms with E-state index in [1.54, 1.807) is 13.8 Å². The van der Waals surface area contributed by atoms with E-state index < -0.39 is 18.1 Å². The molecular formula is C14H26N2O4. The number of carbonyl (C=O) groups excluding carboxylic acids is 2. The monoisotopic (exact) mass is 286 g/mol. The lowest BCUT2D eigenvalue weighted by molar-refractivity contribution is -0.146. The fourth-order valence-corrected chi connectivity index (χ4v) is 2.53. The number of carbonyl (C=O) groups is 2. The van der Waals surface area contributed by atoms with E-state index in [1.807, 2.05) is 0 Å². The molecule has 0 aromatic carbocycles. The molecule has 0 aromatic rings. The number of hydrogen-bond donors (Lipinski definition) is 2. The lowest BCUT2D eigenvalue weighted by Crippen LogP contribution is -2.44. The molecule has 3 N–H and O–H groups in total. The van der Waals surface area contributed by atoms with Crippen LogP contribution in [0.2, 0.25) is 0 Å². The molecular weight excluding hydrogens is 260 g/mol. The van der Waals surface area contributed by atoms with Crippen molar-refractivity contribution in [3.63, 3.8) is 0 Å². The minimum Gasteiger partial charge on any atom is -0.464 e. The van der Waals surface area contributed by atoms with E-state index in [0.717, 1.165) is 25.7 Å². The van der Waals surface area contributed by atoms with Gasteiger partial charge in [-0.25, -0.2) is 9.59 Å². The molecule has 1 amide bonds. The van der Waals surface area contributed by atoms with Gasteiger partial charge in [0.1, 0.15) is 6.04 Å². The SMILES string of the molecule is CCOC(=O)NC(CC1CCC(N)CC1)C(=O)OCC. The van der Waals surface area contributed by atoms with Crippen molar-refractivity contribution in [1.29, 1.82) is 0 Å². The molecule has 1 atom stereocenters. The molecule has 6 heteroatoms. The first-order valence-corrected chi connectivity index (χ1v) is 7.42. The third-order valence-corrected chi connectivity index (χ3v) is 3.60. The molecule has 20 heavy (non-hydrogen) atoms. The van der Waals surface area contributed by atoms with Gasteiger partial charge >= 0.3 is 12.1 Å².